The predicted octanol–water partition coefficient (Wildman–Crippen LogP) is 3.95. The standard InChI is InChI=1S/C13H17BrN2/c1-5-13(2,3)16(4)12-8-6-7-11(14)10(12)9-15/h6-8H,5H2,1-4H3. The number of nitrogens with zero attached hydrogens (tertiary/aromatic N) is 2. The van der Waals surface area contributed by atoms with E-state index in [0.717, 1.165) is 16.6 Å². The third-order valence-corrected chi connectivity index (χ3v) is 3.90. The number of hydrogen-bond acceptors (Lipinski definition) is 2. The molecule has 0 heterocycles. The van der Waals surface area contributed by atoms with Crippen LogP contribution >= 0.6 is 15.9 Å². The quantitative estimate of drug-likeness (QED) is 0.839. The average Bonchev–Trinajstić information content (AvgIpc) is 2.27. The molecule has 16 heavy (non-hydrogen) atoms. The third kappa shape index (κ3) is 2.38. The van der Waals surface area contributed by atoms with Gasteiger partial charge in [0.05, 0.1) is 11.3 Å². The van der Waals surface area contributed by atoms with Gasteiger partial charge in [0.2, 0.25) is 0 Å². The maximum atomic E-state index is 9.18. The number of halogens is 1. The van der Waals surface area contributed by atoms with E-state index in [1.807, 2.05) is 25.2 Å². The topological polar surface area (TPSA) is 27.0 Å². The average molecular weight is 281 g/mol. The summed E-state index contributed by atoms with van der Waals surface area (Å²) in [5.41, 5.74) is 1.72. The molecule has 0 saturated carbocycles. The molecule has 0 aliphatic carbocycles. The van der Waals surface area contributed by atoms with Crippen molar-refractivity contribution in [3.8, 4) is 6.07 Å². The lowest BCUT2D eigenvalue weighted by Gasteiger charge is -2.37. The van der Waals surface area contributed by atoms with Gasteiger partial charge in [0.25, 0.3) is 0 Å². The van der Waals surface area contributed by atoms with Crippen molar-refractivity contribution in [2.45, 2.75) is 32.7 Å². The van der Waals surface area contributed by atoms with Crippen LogP contribution in [0, 0.1) is 11.3 Å². The highest BCUT2D eigenvalue weighted by molar-refractivity contribution is 9.10. The molecule has 0 N–H and O–H groups in total. The molecule has 0 unspecified atom stereocenters. The molecule has 2 nitrogen and oxygen atoms in total. The van der Waals surface area contributed by atoms with Crippen LogP contribution in [0.5, 0.6) is 0 Å². The maximum absolute atomic E-state index is 9.18. The largest absolute Gasteiger partial charge is 0.368 e. The number of benzene rings is 1. The molecule has 1 aromatic carbocycles. The fourth-order valence-electron chi connectivity index (χ4n) is 1.47. The summed E-state index contributed by atoms with van der Waals surface area (Å²) in [6.07, 6.45) is 1.03. The first-order chi connectivity index (χ1) is 7.44. The summed E-state index contributed by atoms with van der Waals surface area (Å²) in [7, 11) is 2.03. The molecule has 0 bridgehead atoms. The van der Waals surface area contributed by atoms with Crippen LogP contribution in [0.15, 0.2) is 22.7 Å². The van der Waals surface area contributed by atoms with Crippen molar-refractivity contribution in [2.24, 2.45) is 0 Å². The van der Waals surface area contributed by atoms with Crippen LogP contribution < -0.4 is 4.90 Å². The Morgan fingerprint density at radius 2 is 2.06 bits per heavy atom. The second-order valence-electron chi connectivity index (χ2n) is 4.47. The minimum Gasteiger partial charge on any atom is -0.368 e. The third-order valence-electron chi connectivity index (χ3n) is 3.24. The summed E-state index contributed by atoms with van der Waals surface area (Å²) in [5.74, 6) is 0. The lowest BCUT2D eigenvalue weighted by Crippen LogP contribution is -2.40. The first-order valence-electron chi connectivity index (χ1n) is 5.36. The fraction of sp³-hybridized carbons (Fsp3) is 0.462. The molecule has 0 aliphatic rings. The Hall–Kier alpha value is -1.01. The second-order valence-corrected chi connectivity index (χ2v) is 5.33. The minimum absolute atomic E-state index is 0.0480. The Morgan fingerprint density at radius 1 is 1.44 bits per heavy atom. The molecule has 0 fully saturated rings. The number of anilines is 1. The van der Waals surface area contributed by atoms with E-state index < -0.39 is 0 Å². The summed E-state index contributed by atoms with van der Waals surface area (Å²) < 4.78 is 0.853. The SMILES string of the molecule is CCC(C)(C)N(C)c1cccc(Br)c1C#N. The first-order valence-corrected chi connectivity index (χ1v) is 6.15. The van der Waals surface area contributed by atoms with Crippen molar-refractivity contribution in [3.63, 3.8) is 0 Å². The van der Waals surface area contributed by atoms with Gasteiger partial charge in [-0.2, -0.15) is 5.26 Å². The Labute approximate surface area is 106 Å². The Kier molecular flexibility index (Phi) is 3.98. The summed E-state index contributed by atoms with van der Waals surface area (Å²) in [4.78, 5) is 2.16. The van der Waals surface area contributed by atoms with Crippen LogP contribution in [-0.2, 0) is 0 Å². The minimum atomic E-state index is 0.0480. The van der Waals surface area contributed by atoms with Crippen molar-refractivity contribution >= 4 is 21.6 Å². The van der Waals surface area contributed by atoms with E-state index in [4.69, 9.17) is 0 Å². The molecule has 0 spiro atoms. The van der Waals surface area contributed by atoms with Crippen LogP contribution in [0.25, 0.3) is 0 Å². The smallest absolute Gasteiger partial charge is 0.103 e. The van der Waals surface area contributed by atoms with Crippen LogP contribution in [0.1, 0.15) is 32.8 Å². The first kappa shape index (κ1) is 13.1. The normalized spacial score (nSPS) is 11.0. The van der Waals surface area contributed by atoms with E-state index in [1.165, 1.54) is 0 Å². The zero-order valence-electron chi connectivity index (χ0n) is 10.2. The summed E-state index contributed by atoms with van der Waals surface area (Å²) in [6, 6.07) is 8.10. The lowest BCUT2D eigenvalue weighted by molar-refractivity contribution is 0.470. The summed E-state index contributed by atoms with van der Waals surface area (Å²) >= 11 is 3.42. The molecule has 1 rings (SSSR count). The van der Waals surface area contributed by atoms with Gasteiger partial charge in [0.15, 0.2) is 0 Å². The summed E-state index contributed by atoms with van der Waals surface area (Å²) in [6.45, 7) is 6.50. The van der Waals surface area contributed by atoms with Crippen LogP contribution in [0.3, 0.4) is 0 Å². The molecule has 0 saturated heterocycles. The van der Waals surface area contributed by atoms with E-state index in [0.29, 0.717) is 5.56 Å². The van der Waals surface area contributed by atoms with E-state index in [9.17, 15) is 5.26 Å². The highest BCUT2D eigenvalue weighted by atomic mass is 79.9. The second kappa shape index (κ2) is 4.88. The van der Waals surface area contributed by atoms with Gasteiger partial charge in [-0.05, 0) is 48.3 Å². The number of rotatable bonds is 3. The van der Waals surface area contributed by atoms with Crippen LogP contribution in [0.2, 0.25) is 0 Å². The number of hydrogen-bond donors (Lipinski definition) is 0. The van der Waals surface area contributed by atoms with Crippen LogP contribution in [0.4, 0.5) is 5.69 Å². The lowest BCUT2D eigenvalue weighted by atomic mass is 9.98. The highest BCUT2D eigenvalue weighted by Gasteiger charge is 2.23. The zero-order valence-corrected chi connectivity index (χ0v) is 11.8. The van der Waals surface area contributed by atoms with Gasteiger partial charge in [-0.15, -0.1) is 0 Å². The van der Waals surface area contributed by atoms with Crippen molar-refractivity contribution in [3.05, 3.63) is 28.2 Å². The van der Waals surface area contributed by atoms with E-state index in [-0.39, 0.29) is 5.54 Å². The molecule has 0 radical (unpaired) electrons. The van der Waals surface area contributed by atoms with E-state index in [1.54, 1.807) is 0 Å². The van der Waals surface area contributed by atoms with Gasteiger partial charge < -0.3 is 4.90 Å². The molecule has 1 aromatic rings. The van der Waals surface area contributed by atoms with Gasteiger partial charge in [0.1, 0.15) is 6.07 Å². The Morgan fingerprint density at radius 3 is 2.56 bits per heavy atom. The van der Waals surface area contributed by atoms with Gasteiger partial charge in [0, 0.05) is 17.1 Å². The molecule has 0 aromatic heterocycles. The van der Waals surface area contributed by atoms with Crippen LogP contribution in [-0.4, -0.2) is 12.6 Å². The van der Waals surface area contributed by atoms with Gasteiger partial charge in [-0.25, -0.2) is 0 Å². The Bertz CT molecular complexity index is 418. The summed E-state index contributed by atoms with van der Waals surface area (Å²) in [5, 5.41) is 9.18. The van der Waals surface area contributed by atoms with Crippen molar-refractivity contribution in [2.75, 3.05) is 11.9 Å². The van der Waals surface area contributed by atoms with E-state index >= 15 is 0 Å². The zero-order chi connectivity index (χ0) is 12.3. The predicted molar refractivity (Wildman–Crippen MR) is 71.6 cm³/mol. The van der Waals surface area contributed by atoms with Gasteiger partial charge in [-0.3, -0.25) is 0 Å². The van der Waals surface area contributed by atoms with Crippen molar-refractivity contribution < 1.29 is 0 Å². The van der Waals surface area contributed by atoms with E-state index in [2.05, 4.69) is 47.7 Å². The molecule has 0 amide bonds. The maximum Gasteiger partial charge on any atom is 0.103 e. The molecular weight excluding hydrogens is 264 g/mol. The number of nitriles is 1. The molecule has 86 valence electrons. The van der Waals surface area contributed by atoms with Crippen molar-refractivity contribution in [1.82, 2.24) is 0 Å². The molecule has 0 aliphatic heterocycles. The Balaban J connectivity index is 3.25. The molecule has 3 heteroatoms. The van der Waals surface area contributed by atoms with Gasteiger partial charge in [-0.1, -0.05) is 13.0 Å². The monoisotopic (exact) mass is 280 g/mol. The fourth-order valence-corrected chi connectivity index (χ4v) is 1.91. The van der Waals surface area contributed by atoms with Crippen molar-refractivity contribution in [1.29, 1.82) is 5.26 Å². The molecular formula is C13H17BrN2. The molecule has 0 atom stereocenters. The highest BCUT2D eigenvalue weighted by Crippen LogP contribution is 2.31. The van der Waals surface area contributed by atoms with Gasteiger partial charge >= 0.3 is 0 Å².